The predicted octanol–water partition coefficient (Wildman–Crippen LogP) is 1.20. The van der Waals surface area contributed by atoms with E-state index in [9.17, 15) is 0 Å². The summed E-state index contributed by atoms with van der Waals surface area (Å²) in [6.07, 6.45) is 0. The van der Waals surface area contributed by atoms with E-state index in [0.29, 0.717) is 5.75 Å². The highest BCUT2D eigenvalue weighted by molar-refractivity contribution is 5.76. The van der Waals surface area contributed by atoms with Crippen LogP contribution in [0.1, 0.15) is 7.43 Å². The Labute approximate surface area is 71.8 Å². The maximum absolute atomic E-state index is 9.06. The molecule has 1 aromatic rings. The van der Waals surface area contributed by atoms with Crippen LogP contribution in [0.4, 0.5) is 11.4 Å². The fourth-order valence-electron chi connectivity index (χ4n) is 0.783. The van der Waals surface area contributed by atoms with Gasteiger partial charge in [-0.1, -0.05) is 7.43 Å². The van der Waals surface area contributed by atoms with Gasteiger partial charge in [0.2, 0.25) is 0 Å². The summed E-state index contributed by atoms with van der Waals surface area (Å²) in [5.41, 5.74) is 11.3. The van der Waals surface area contributed by atoms with Crippen LogP contribution < -0.4 is 16.2 Å². The number of anilines is 2. The number of hydrogen-bond acceptors (Lipinski definition) is 4. The summed E-state index contributed by atoms with van der Waals surface area (Å²) in [5, 5.41) is 9.06. The van der Waals surface area contributed by atoms with Gasteiger partial charge < -0.3 is 21.3 Å². The molecular formula is C8H14N2O2. The lowest BCUT2D eigenvalue weighted by molar-refractivity contribution is 0.415. The zero-order chi connectivity index (χ0) is 8.43. The van der Waals surface area contributed by atoms with E-state index in [2.05, 4.69) is 0 Å². The van der Waals surface area contributed by atoms with Gasteiger partial charge in [-0.05, 0) is 12.1 Å². The van der Waals surface area contributed by atoms with Crippen LogP contribution in [0.3, 0.4) is 0 Å². The molecule has 0 atom stereocenters. The van der Waals surface area contributed by atoms with Gasteiger partial charge in [-0.15, -0.1) is 0 Å². The average molecular weight is 170 g/mol. The first-order valence-electron chi connectivity index (χ1n) is 3.07. The molecule has 0 radical (unpaired) electrons. The SMILES string of the molecule is C.COc1ccc(O)c(N)c1N. The molecule has 12 heavy (non-hydrogen) atoms. The van der Waals surface area contributed by atoms with Crippen LogP contribution in [0, 0.1) is 0 Å². The highest BCUT2D eigenvalue weighted by Crippen LogP contribution is 2.33. The van der Waals surface area contributed by atoms with Crippen molar-refractivity contribution in [3.05, 3.63) is 12.1 Å². The molecule has 1 rings (SSSR count). The Kier molecular flexibility index (Phi) is 3.22. The fraction of sp³-hybridized carbons (Fsp3) is 0.250. The predicted molar refractivity (Wildman–Crippen MR) is 50.2 cm³/mol. The Morgan fingerprint density at radius 2 is 1.83 bits per heavy atom. The minimum atomic E-state index is -0.0247. The number of nitrogen functional groups attached to an aromatic ring is 2. The lowest BCUT2D eigenvalue weighted by Gasteiger charge is -2.07. The standard InChI is InChI=1S/C7H10N2O2.CH4/c1-11-5-3-2-4(10)6(8)7(5)9;/h2-3,10H,8-9H2,1H3;1H4. The van der Waals surface area contributed by atoms with E-state index in [0.717, 1.165) is 0 Å². The number of phenolic OH excluding ortho intramolecular Hbond substituents is 1. The molecule has 0 fully saturated rings. The molecule has 5 N–H and O–H groups in total. The third kappa shape index (κ3) is 1.53. The molecule has 0 saturated carbocycles. The van der Waals surface area contributed by atoms with Gasteiger partial charge in [0.1, 0.15) is 22.9 Å². The second-order valence-electron chi connectivity index (χ2n) is 2.11. The summed E-state index contributed by atoms with van der Waals surface area (Å²) in [5.74, 6) is 0.448. The molecule has 0 heterocycles. The summed E-state index contributed by atoms with van der Waals surface area (Å²) >= 11 is 0. The van der Waals surface area contributed by atoms with Gasteiger partial charge in [-0.25, -0.2) is 0 Å². The van der Waals surface area contributed by atoms with Gasteiger partial charge in [0.15, 0.2) is 0 Å². The molecule has 0 amide bonds. The summed E-state index contributed by atoms with van der Waals surface area (Å²) in [6.45, 7) is 0. The van der Waals surface area contributed by atoms with Crippen LogP contribution in [0.25, 0.3) is 0 Å². The first kappa shape index (κ1) is 10.4. The third-order valence-electron chi connectivity index (χ3n) is 1.44. The normalized spacial score (nSPS) is 8.75. The molecular weight excluding hydrogens is 156 g/mol. The molecule has 1 aromatic carbocycles. The lowest BCUT2D eigenvalue weighted by atomic mass is 10.2. The van der Waals surface area contributed by atoms with Gasteiger partial charge in [0.25, 0.3) is 0 Å². The minimum absolute atomic E-state index is 0. The van der Waals surface area contributed by atoms with Crippen LogP contribution in [0.2, 0.25) is 0 Å². The van der Waals surface area contributed by atoms with Crippen molar-refractivity contribution in [2.24, 2.45) is 0 Å². The molecule has 0 spiro atoms. The molecule has 4 heteroatoms. The molecule has 0 saturated heterocycles. The molecule has 0 aliphatic rings. The summed E-state index contributed by atoms with van der Waals surface area (Å²) in [7, 11) is 1.49. The van der Waals surface area contributed by atoms with E-state index in [4.69, 9.17) is 21.3 Å². The van der Waals surface area contributed by atoms with Crippen molar-refractivity contribution >= 4 is 11.4 Å². The van der Waals surface area contributed by atoms with Gasteiger partial charge in [-0.3, -0.25) is 0 Å². The zero-order valence-corrected chi connectivity index (χ0v) is 6.16. The number of rotatable bonds is 1. The number of hydrogen-bond donors (Lipinski definition) is 3. The first-order chi connectivity index (χ1) is 5.16. The van der Waals surface area contributed by atoms with Crippen molar-refractivity contribution in [2.75, 3.05) is 18.6 Å². The van der Waals surface area contributed by atoms with Gasteiger partial charge in [0.05, 0.1) is 7.11 Å². The Morgan fingerprint density at radius 1 is 1.25 bits per heavy atom. The monoisotopic (exact) mass is 170 g/mol. The lowest BCUT2D eigenvalue weighted by Crippen LogP contribution is -1.97. The second-order valence-corrected chi connectivity index (χ2v) is 2.11. The van der Waals surface area contributed by atoms with E-state index in [1.54, 1.807) is 6.07 Å². The Balaban J connectivity index is 0.00000121. The fourth-order valence-corrected chi connectivity index (χ4v) is 0.783. The number of ether oxygens (including phenoxy) is 1. The summed E-state index contributed by atoms with van der Waals surface area (Å²) < 4.78 is 4.86. The maximum atomic E-state index is 9.06. The molecule has 0 aliphatic heterocycles. The highest BCUT2D eigenvalue weighted by atomic mass is 16.5. The number of nitrogens with two attached hydrogens (primary N) is 2. The van der Waals surface area contributed by atoms with E-state index in [-0.39, 0.29) is 24.6 Å². The largest absolute Gasteiger partial charge is 0.506 e. The van der Waals surface area contributed by atoms with Crippen molar-refractivity contribution in [3.63, 3.8) is 0 Å². The number of aromatic hydroxyl groups is 1. The Hall–Kier alpha value is -1.58. The van der Waals surface area contributed by atoms with Crippen LogP contribution in [-0.4, -0.2) is 12.2 Å². The molecule has 4 nitrogen and oxygen atoms in total. The van der Waals surface area contributed by atoms with Crippen molar-refractivity contribution < 1.29 is 9.84 Å². The summed E-state index contributed by atoms with van der Waals surface area (Å²) in [4.78, 5) is 0. The molecule has 0 aromatic heterocycles. The molecule has 0 bridgehead atoms. The van der Waals surface area contributed by atoms with E-state index in [1.807, 2.05) is 0 Å². The molecule has 68 valence electrons. The van der Waals surface area contributed by atoms with Gasteiger partial charge in [-0.2, -0.15) is 0 Å². The van der Waals surface area contributed by atoms with E-state index < -0.39 is 0 Å². The smallest absolute Gasteiger partial charge is 0.144 e. The minimum Gasteiger partial charge on any atom is -0.506 e. The summed E-state index contributed by atoms with van der Waals surface area (Å²) in [6, 6.07) is 2.99. The first-order valence-corrected chi connectivity index (χ1v) is 3.07. The molecule has 0 aliphatic carbocycles. The van der Waals surface area contributed by atoms with Crippen molar-refractivity contribution in [2.45, 2.75) is 7.43 Å². The Morgan fingerprint density at radius 3 is 2.33 bits per heavy atom. The highest BCUT2D eigenvalue weighted by Gasteiger charge is 2.05. The van der Waals surface area contributed by atoms with Crippen molar-refractivity contribution in [1.82, 2.24) is 0 Å². The van der Waals surface area contributed by atoms with Gasteiger partial charge >= 0.3 is 0 Å². The van der Waals surface area contributed by atoms with Gasteiger partial charge in [0, 0.05) is 0 Å². The van der Waals surface area contributed by atoms with Crippen molar-refractivity contribution in [1.29, 1.82) is 0 Å². The van der Waals surface area contributed by atoms with E-state index >= 15 is 0 Å². The topological polar surface area (TPSA) is 81.5 Å². The number of benzene rings is 1. The van der Waals surface area contributed by atoms with Crippen LogP contribution >= 0.6 is 0 Å². The number of methoxy groups -OCH3 is 1. The van der Waals surface area contributed by atoms with Crippen LogP contribution in [0.15, 0.2) is 12.1 Å². The maximum Gasteiger partial charge on any atom is 0.144 e. The number of phenols is 1. The van der Waals surface area contributed by atoms with Crippen molar-refractivity contribution in [3.8, 4) is 11.5 Å². The quantitative estimate of drug-likeness (QED) is 0.437. The zero-order valence-electron chi connectivity index (χ0n) is 6.16. The third-order valence-corrected chi connectivity index (χ3v) is 1.44. The van der Waals surface area contributed by atoms with E-state index in [1.165, 1.54) is 13.2 Å². The molecule has 0 unspecified atom stereocenters. The Bertz CT molecular complexity index is 274. The van der Waals surface area contributed by atoms with Crippen LogP contribution in [-0.2, 0) is 0 Å². The second kappa shape index (κ2) is 3.71. The average Bonchev–Trinajstić information content (AvgIpc) is 2.01. The van der Waals surface area contributed by atoms with Crippen LogP contribution in [0.5, 0.6) is 11.5 Å².